The number of ether oxygens (including phenoxy) is 1. The van der Waals surface area contributed by atoms with Crippen LogP contribution in [0.25, 0.3) is 22.5 Å². The Labute approximate surface area is 167 Å². The van der Waals surface area contributed by atoms with E-state index in [9.17, 15) is 0 Å². The van der Waals surface area contributed by atoms with Crippen molar-refractivity contribution >= 4 is 0 Å². The smallest absolute Gasteiger partial charge is 0.459 e. The second-order valence-corrected chi connectivity index (χ2v) is 5.38. The Morgan fingerprint density at radius 3 is 2.27 bits per heavy atom. The van der Waals surface area contributed by atoms with E-state index >= 15 is 0 Å². The maximum absolute atomic E-state index is 5.75. The van der Waals surface area contributed by atoms with Gasteiger partial charge in [-0.3, -0.25) is 0 Å². The predicted molar refractivity (Wildman–Crippen MR) is 97.1 cm³/mol. The van der Waals surface area contributed by atoms with Gasteiger partial charge in [-0.25, -0.2) is 4.98 Å². The first-order chi connectivity index (χ1) is 12.4. The second kappa shape index (κ2) is 8.55. The minimum atomic E-state index is 0. The van der Waals surface area contributed by atoms with E-state index in [0.717, 1.165) is 22.5 Å². The maximum Gasteiger partial charge on any atom is 2.00 e. The van der Waals surface area contributed by atoms with E-state index in [0.29, 0.717) is 11.6 Å². The number of hydrogen-bond acceptors (Lipinski definition) is 3. The quantitative estimate of drug-likeness (QED) is 0.349. The maximum atomic E-state index is 5.75. The van der Waals surface area contributed by atoms with Crippen molar-refractivity contribution < 1.29 is 25.8 Å². The van der Waals surface area contributed by atoms with Gasteiger partial charge < -0.3 is 9.72 Å². The molecule has 0 bridgehead atoms. The zero-order chi connectivity index (χ0) is 16.9. The second-order valence-electron chi connectivity index (χ2n) is 5.38. The van der Waals surface area contributed by atoms with Gasteiger partial charge in [-0.05, 0) is 17.5 Å². The predicted octanol–water partition coefficient (Wildman–Crippen LogP) is 5.20. The molecule has 0 saturated heterocycles. The van der Waals surface area contributed by atoms with Crippen molar-refractivity contribution in [3.05, 3.63) is 97.2 Å². The van der Waals surface area contributed by atoms with E-state index in [-0.39, 0.29) is 21.1 Å². The van der Waals surface area contributed by atoms with Gasteiger partial charge in [0, 0.05) is 18.0 Å². The van der Waals surface area contributed by atoms with E-state index in [4.69, 9.17) is 9.72 Å². The van der Waals surface area contributed by atoms with Gasteiger partial charge >= 0.3 is 21.1 Å². The van der Waals surface area contributed by atoms with Gasteiger partial charge in [0.15, 0.2) is 0 Å². The molecule has 128 valence electrons. The van der Waals surface area contributed by atoms with Crippen LogP contribution in [-0.2, 0) is 21.1 Å². The molecule has 3 nitrogen and oxygen atoms in total. The minimum absolute atomic E-state index is 0. The van der Waals surface area contributed by atoms with Gasteiger partial charge in [0.1, 0.15) is 0 Å². The van der Waals surface area contributed by atoms with Crippen LogP contribution in [-0.4, -0.2) is 9.97 Å². The fraction of sp³-hybridized carbons (Fsp3) is 0. The van der Waals surface area contributed by atoms with E-state index in [1.54, 1.807) is 6.20 Å². The van der Waals surface area contributed by atoms with Crippen LogP contribution in [0.5, 0.6) is 11.6 Å². The van der Waals surface area contributed by atoms with Crippen LogP contribution in [0.4, 0.5) is 0 Å². The molecule has 0 unspecified atom stereocenters. The van der Waals surface area contributed by atoms with Crippen LogP contribution < -0.4 is 4.74 Å². The monoisotopic (exact) mass is 517 g/mol. The molecule has 2 aromatic heterocycles. The summed E-state index contributed by atoms with van der Waals surface area (Å²) in [5, 5.41) is 0. The van der Waals surface area contributed by atoms with Crippen molar-refractivity contribution in [1.29, 1.82) is 0 Å². The number of nitrogens with zero attached hydrogens (tertiary/aromatic N) is 2. The van der Waals surface area contributed by atoms with Crippen LogP contribution in [0.1, 0.15) is 0 Å². The van der Waals surface area contributed by atoms with E-state index in [2.05, 4.69) is 17.1 Å². The van der Waals surface area contributed by atoms with Crippen molar-refractivity contribution in [1.82, 2.24) is 9.97 Å². The molecule has 0 aliphatic heterocycles. The molecule has 0 spiro atoms. The summed E-state index contributed by atoms with van der Waals surface area (Å²) < 4.78 is 5.75. The standard InChI is InChI=1S/C22H14N2O.Pt/c1-2-8-17(9-3-1)20-12-7-13-21(24-20)18-10-6-11-19(16-18)25-22-14-4-5-15-23-22;/h1-8,10-15H;/q-2;+2. The van der Waals surface area contributed by atoms with Crippen molar-refractivity contribution in [2.75, 3.05) is 0 Å². The molecule has 4 heteroatoms. The number of hydrogen-bond donors (Lipinski definition) is 0. The molecule has 0 aliphatic rings. The topological polar surface area (TPSA) is 35.0 Å². The molecule has 26 heavy (non-hydrogen) atoms. The van der Waals surface area contributed by atoms with Crippen molar-refractivity contribution in [2.24, 2.45) is 0 Å². The molecule has 2 heterocycles. The van der Waals surface area contributed by atoms with Crippen molar-refractivity contribution in [3.63, 3.8) is 0 Å². The molecule has 0 atom stereocenters. The SMILES string of the molecule is [Pt+2].[c-]1ccccc1-c1cccc(-c2[c-]c(Oc3ccccn3)ccc2)n1. The van der Waals surface area contributed by atoms with Crippen molar-refractivity contribution in [2.45, 2.75) is 0 Å². The fourth-order valence-electron chi connectivity index (χ4n) is 2.46. The molecule has 0 amide bonds. The number of pyridine rings is 2. The van der Waals surface area contributed by atoms with E-state index in [1.165, 1.54) is 0 Å². The summed E-state index contributed by atoms with van der Waals surface area (Å²) >= 11 is 0. The Hall–Kier alpha value is -2.77. The molecule has 0 aliphatic carbocycles. The Morgan fingerprint density at radius 2 is 1.50 bits per heavy atom. The number of benzene rings is 2. The van der Waals surface area contributed by atoms with Crippen LogP contribution in [0, 0.1) is 12.1 Å². The zero-order valence-corrected chi connectivity index (χ0v) is 16.0. The molecule has 4 rings (SSSR count). The Kier molecular flexibility index (Phi) is 5.93. The molecule has 0 fully saturated rings. The average molecular weight is 517 g/mol. The largest absolute Gasteiger partial charge is 2.00 e. The summed E-state index contributed by atoms with van der Waals surface area (Å²) in [6.07, 6.45) is 1.70. The summed E-state index contributed by atoms with van der Waals surface area (Å²) in [4.78, 5) is 8.90. The summed E-state index contributed by atoms with van der Waals surface area (Å²) in [7, 11) is 0. The van der Waals surface area contributed by atoms with Gasteiger partial charge in [-0.1, -0.05) is 30.3 Å². The summed E-state index contributed by atoms with van der Waals surface area (Å²) in [6.45, 7) is 0. The van der Waals surface area contributed by atoms with E-state index in [1.807, 2.05) is 78.9 Å². The molecule has 0 N–H and O–H groups in total. The summed E-state index contributed by atoms with van der Waals surface area (Å²) in [6, 6.07) is 31.5. The van der Waals surface area contributed by atoms with Crippen LogP contribution in [0.3, 0.4) is 0 Å². The first-order valence-corrected chi connectivity index (χ1v) is 7.94. The molecule has 0 saturated carbocycles. The first kappa shape index (κ1) is 18.0. The van der Waals surface area contributed by atoms with Crippen LogP contribution >= 0.6 is 0 Å². The van der Waals surface area contributed by atoms with Crippen LogP contribution in [0.15, 0.2) is 85.1 Å². The van der Waals surface area contributed by atoms with Crippen molar-refractivity contribution in [3.8, 4) is 34.1 Å². The molecular weight excluding hydrogens is 503 g/mol. The Balaban J connectivity index is 0.00000196. The first-order valence-electron chi connectivity index (χ1n) is 7.94. The third kappa shape index (κ3) is 4.25. The third-order valence-corrected chi connectivity index (χ3v) is 3.63. The molecule has 2 aromatic carbocycles. The molecular formula is C22H14N2OPt. The zero-order valence-electron chi connectivity index (χ0n) is 13.7. The number of rotatable bonds is 4. The van der Waals surface area contributed by atoms with Crippen LogP contribution in [0.2, 0.25) is 0 Å². The Bertz CT molecular complexity index is 975. The van der Waals surface area contributed by atoms with Gasteiger partial charge in [0.2, 0.25) is 5.88 Å². The fourth-order valence-corrected chi connectivity index (χ4v) is 2.46. The Morgan fingerprint density at radius 1 is 0.731 bits per heavy atom. The number of aromatic nitrogens is 2. The third-order valence-electron chi connectivity index (χ3n) is 3.63. The minimum Gasteiger partial charge on any atom is -0.459 e. The molecule has 0 radical (unpaired) electrons. The average Bonchev–Trinajstić information content (AvgIpc) is 2.70. The van der Waals surface area contributed by atoms with Gasteiger partial charge in [0.05, 0.1) is 0 Å². The normalized spacial score (nSPS) is 10.0. The van der Waals surface area contributed by atoms with Gasteiger partial charge in [-0.2, -0.15) is 0 Å². The molecule has 4 aromatic rings. The van der Waals surface area contributed by atoms with E-state index < -0.39 is 0 Å². The summed E-state index contributed by atoms with van der Waals surface area (Å²) in [5.41, 5.74) is 3.54. The van der Waals surface area contributed by atoms with Gasteiger partial charge in [-0.15, -0.1) is 59.7 Å². The summed E-state index contributed by atoms with van der Waals surface area (Å²) in [5.74, 6) is 1.14. The van der Waals surface area contributed by atoms with Gasteiger partial charge in [0.25, 0.3) is 0 Å².